The summed E-state index contributed by atoms with van der Waals surface area (Å²) in [6.07, 6.45) is 1.83. The molecule has 0 heterocycles. The van der Waals surface area contributed by atoms with Crippen molar-refractivity contribution < 1.29 is 9.90 Å². The maximum atomic E-state index is 12.0. The minimum absolute atomic E-state index is 0.0258. The molecule has 1 rings (SSSR count). The quantitative estimate of drug-likeness (QED) is 0.785. The van der Waals surface area contributed by atoms with Gasteiger partial charge in [-0.05, 0) is 41.9 Å². The summed E-state index contributed by atoms with van der Waals surface area (Å²) in [7, 11) is 0. The average molecular weight is 277 g/mol. The van der Waals surface area contributed by atoms with Crippen molar-refractivity contribution in [3.05, 3.63) is 35.4 Å². The van der Waals surface area contributed by atoms with Crippen LogP contribution < -0.4 is 5.32 Å². The number of hydrogen-bond donors (Lipinski definition) is 2. The van der Waals surface area contributed by atoms with E-state index in [9.17, 15) is 4.79 Å². The molecule has 0 aliphatic rings. The number of hydrogen-bond acceptors (Lipinski definition) is 2. The highest BCUT2D eigenvalue weighted by molar-refractivity contribution is 5.94. The maximum absolute atomic E-state index is 12.0. The normalized spacial score (nSPS) is 13.1. The second-order valence-electron chi connectivity index (χ2n) is 6.51. The number of rotatable bonds is 6. The molecule has 0 radical (unpaired) electrons. The van der Waals surface area contributed by atoms with Crippen LogP contribution >= 0.6 is 0 Å². The van der Waals surface area contributed by atoms with E-state index in [1.807, 2.05) is 31.2 Å². The third-order valence-corrected chi connectivity index (χ3v) is 3.48. The van der Waals surface area contributed by atoms with Crippen LogP contribution in [0.4, 0.5) is 0 Å². The molecule has 1 aromatic carbocycles. The molecule has 0 spiro atoms. The zero-order valence-corrected chi connectivity index (χ0v) is 13.1. The molecule has 1 atom stereocenters. The molecule has 0 saturated carbocycles. The Hall–Kier alpha value is -1.35. The van der Waals surface area contributed by atoms with E-state index in [-0.39, 0.29) is 17.9 Å². The number of nitrogens with one attached hydrogen (secondary N) is 1. The van der Waals surface area contributed by atoms with E-state index in [2.05, 4.69) is 26.1 Å². The smallest absolute Gasteiger partial charge is 0.251 e. The van der Waals surface area contributed by atoms with Crippen molar-refractivity contribution in [2.24, 2.45) is 5.92 Å². The summed E-state index contributed by atoms with van der Waals surface area (Å²) in [5.74, 6) is 0.278. The minimum Gasteiger partial charge on any atom is -0.396 e. The third-order valence-electron chi connectivity index (χ3n) is 3.48. The Bertz CT molecular complexity index is 418. The van der Waals surface area contributed by atoms with Gasteiger partial charge in [0.2, 0.25) is 0 Å². The van der Waals surface area contributed by atoms with E-state index >= 15 is 0 Å². The van der Waals surface area contributed by atoms with Crippen molar-refractivity contribution in [1.29, 1.82) is 0 Å². The van der Waals surface area contributed by atoms with Gasteiger partial charge in [0.1, 0.15) is 0 Å². The molecule has 0 aliphatic heterocycles. The molecule has 0 bridgehead atoms. The largest absolute Gasteiger partial charge is 0.396 e. The summed E-state index contributed by atoms with van der Waals surface area (Å²) < 4.78 is 0. The van der Waals surface area contributed by atoms with Gasteiger partial charge in [-0.1, -0.05) is 39.8 Å². The molecule has 1 amide bonds. The Kier molecular flexibility index (Phi) is 6.21. The first kappa shape index (κ1) is 16.7. The van der Waals surface area contributed by atoms with Crippen LogP contribution in [0.3, 0.4) is 0 Å². The van der Waals surface area contributed by atoms with E-state index in [1.54, 1.807) is 0 Å². The highest BCUT2D eigenvalue weighted by Crippen LogP contribution is 2.22. The molecule has 0 aliphatic carbocycles. The number of aliphatic hydroxyl groups is 1. The molecule has 0 saturated heterocycles. The molecule has 3 heteroatoms. The van der Waals surface area contributed by atoms with E-state index in [0.29, 0.717) is 18.0 Å². The summed E-state index contributed by atoms with van der Waals surface area (Å²) in [6, 6.07) is 7.80. The second-order valence-corrected chi connectivity index (χ2v) is 6.51. The lowest BCUT2D eigenvalue weighted by Gasteiger charge is -2.19. The Labute approximate surface area is 122 Å². The molecule has 1 unspecified atom stereocenters. The Morgan fingerprint density at radius 2 is 1.85 bits per heavy atom. The highest BCUT2D eigenvalue weighted by atomic mass is 16.3. The molecule has 112 valence electrons. The van der Waals surface area contributed by atoms with Gasteiger partial charge in [-0.3, -0.25) is 4.79 Å². The Balaban J connectivity index is 2.44. The van der Waals surface area contributed by atoms with Crippen LogP contribution in [0.15, 0.2) is 24.3 Å². The molecule has 2 N–H and O–H groups in total. The minimum atomic E-state index is -0.0258. The Morgan fingerprint density at radius 1 is 1.25 bits per heavy atom. The predicted octanol–water partition coefficient (Wildman–Crippen LogP) is 3.12. The fourth-order valence-electron chi connectivity index (χ4n) is 1.97. The van der Waals surface area contributed by atoms with E-state index < -0.39 is 0 Å². The lowest BCUT2D eigenvalue weighted by atomic mass is 9.87. The molecule has 3 nitrogen and oxygen atoms in total. The topological polar surface area (TPSA) is 49.3 Å². The van der Waals surface area contributed by atoms with E-state index in [0.717, 1.165) is 12.8 Å². The predicted molar refractivity (Wildman–Crippen MR) is 83.0 cm³/mol. The zero-order valence-electron chi connectivity index (χ0n) is 13.1. The van der Waals surface area contributed by atoms with Crippen LogP contribution in [-0.2, 0) is 5.41 Å². The number of aliphatic hydroxyl groups excluding tert-OH is 1. The first-order valence-corrected chi connectivity index (χ1v) is 7.34. The second kappa shape index (κ2) is 7.44. The van der Waals surface area contributed by atoms with E-state index in [1.165, 1.54) is 5.56 Å². The van der Waals surface area contributed by atoms with Gasteiger partial charge in [-0.15, -0.1) is 0 Å². The van der Waals surface area contributed by atoms with Gasteiger partial charge in [-0.2, -0.15) is 0 Å². The summed E-state index contributed by atoms with van der Waals surface area (Å²) >= 11 is 0. The van der Waals surface area contributed by atoms with Gasteiger partial charge < -0.3 is 10.4 Å². The molecule has 20 heavy (non-hydrogen) atoms. The molecular formula is C17H27NO2. The van der Waals surface area contributed by atoms with E-state index in [4.69, 9.17) is 5.11 Å². The van der Waals surface area contributed by atoms with Gasteiger partial charge in [-0.25, -0.2) is 0 Å². The van der Waals surface area contributed by atoms with Crippen LogP contribution in [0, 0.1) is 5.92 Å². The first-order chi connectivity index (χ1) is 9.34. The number of benzene rings is 1. The number of carbonyl (C=O) groups is 1. The lowest BCUT2D eigenvalue weighted by molar-refractivity contribution is 0.0952. The van der Waals surface area contributed by atoms with Gasteiger partial charge in [0, 0.05) is 18.7 Å². The van der Waals surface area contributed by atoms with Crippen molar-refractivity contribution in [3.8, 4) is 0 Å². The number of carbonyl (C=O) groups excluding carboxylic acids is 1. The van der Waals surface area contributed by atoms with Crippen LogP contribution in [0.1, 0.15) is 56.5 Å². The van der Waals surface area contributed by atoms with Gasteiger partial charge >= 0.3 is 0 Å². The standard InChI is InChI=1S/C17H27NO2/c1-13(12-19)6-5-11-18-16(20)14-7-9-15(10-8-14)17(2,3)4/h7-10,13,19H,5-6,11-12H2,1-4H3,(H,18,20). The first-order valence-electron chi connectivity index (χ1n) is 7.34. The van der Waals surface area contributed by atoms with Gasteiger partial charge in [0.05, 0.1) is 0 Å². The lowest BCUT2D eigenvalue weighted by Crippen LogP contribution is -2.25. The van der Waals surface area contributed by atoms with Crippen LogP contribution in [0.5, 0.6) is 0 Å². The van der Waals surface area contributed by atoms with Crippen molar-refractivity contribution in [1.82, 2.24) is 5.32 Å². The molecule has 1 aromatic rings. The summed E-state index contributed by atoms with van der Waals surface area (Å²) in [5.41, 5.74) is 2.04. The van der Waals surface area contributed by atoms with Crippen LogP contribution in [0.25, 0.3) is 0 Å². The third kappa shape index (κ3) is 5.33. The highest BCUT2D eigenvalue weighted by Gasteiger charge is 2.14. The van der Waals surface area contributed by atoms with Crippen molar-refractivity contribution >= 4 is 5.91 Å². The summed E-state index contributed by atoms with van der Waals surface area (Å²) in [5, 5.41) is 11.8. The summed E-state index contributed by atoms with van der Waals surface area (Å²) in [4.78, 5) is 12.0. The average Bonchev–Trinajstić information content (AvgIpc) is 2.42. The van der Waals surface area contributed by atoms with Crippen LogP contribution in [0.2, 0.25) is 0 Å². The fourth-order valence-corrected chi connectivity index (χ4v) is 1.97. The zero-order chi connectivity index (χ0) is 15.2. The van der Waals surface area contributed by atoms with Crippen molar-refractivity contribution in [2.75, 3.05) is 13.2 Å². The fraction of sp³-hybridized carbons (Fsp3) is 0.588. The summed E-state index contributed by atoms with van der Waals surface area (Å²) in [6.45, 7) is 9.35. The van der Waals surface area contributed by atoms with Crippen LogP contribution in [-0.4, -0.2) is 24.2 Å². The molecular weight excluding hydrogens is 250 g/mol. The van der Waals surface area contributed by atoms with Crippen molar-refractivity contribution in [2.45, 2.75) is 46.0 Å². The molecule has 0 fully saturated rings. The van der Waals surface area contributed by atoms with Gasteiger partial charge in [0.15, 0.2) is 0 Å². The SMILES string of the molecule is CC(CO)CCCNC(=O)c1ccc(C(C)(C)C)cc1. The number of amides is 1. The molecule has 0 aromatic heterocycles. The monoisotopic (exact) mass is 277 g/mol. The van der Waals surface area contributed by atoms with Crippen molar-refractivity contribution in [3.63, 3.8) is 0 Å². The van der Waals surface area contributed by atoms with Gasteiger partial charge in [0.25, 0.3) is 5.91 Å². The maximum Gasteiger partial charge on any atom is 0.251 e. The Morgan fingerprint density at radius 3 is 2.35 bits per heavy atom.